The SMILES string of the molecule is CCOC(=O)[C@@H](NC(=O)Cc1ccc2c(c1)OCCO2)C(C)C. The van der Waals surface area contributed by atoms with Gasteiger partial charge in [-0.15, -0.1) is 0 Å². The number of fused-ring (bicyclic) bond motifs is 1. The van der Waals surface area contributed by atoms with Gasteiger partial charge in [-0.25, -0.2) is 4.79 Å². The van der Waals surface area contributed by atoms with Gasteiger partial charge in [-0.05, 0) is 30.5 Å². The summed E-state index contributed by atoms with van der Waals surface area (Å²) in [7, 11) is 0. The highest BCUT2D eigenvalue weighted by atomic mass is 16.6. The van der Waals surface area contributed by atoms with Crippen LogP contribution in [0.2, 0.25) is 0 Å². The first-order valence-electron chi connectivity index (χ1n) is 7.85. The number of carbonyl (C=O) groups is 2. The zero-order valence-electron chi connectivity index (χ0n) is 13.8. The van der Waals surface area contributed by atoms with Gasteiger partial charge in [-0.2, -0.15) is 0 Å². The van der Waals surface area contributed by atoms with Crippen molar-refractivity contribution < 1.29 is 23.8 Å². The fourth-order valence-electron chi connectivity index (χ4n) is 2.34. The third-order valence-corrected chi connectivity index (χ3v) is 3.49. The second-order valence-electron chi connectivity index (χ2n) is 5.70. The summed E-state index contributed by atoms with van der Waals surface area (Å²) in [6, 6.07) is 4.77. The Kier molecular flexibility index (Phi) is 5.84. The smallest absolute Gasteiger partial charge is 0.328 e. The van der Waals surface area contributed by atoms with Gasteiger partial charge >= 0.3 is 5.97 Å². The van der Waals surface area contributed by atoms with Crippen LogP contribution in [0.25, 0.3) is 0 Å². The molecule has 23 heavy (non-hydrogen) atoms. The van der Waals surface area contributed by atoms with E-state index in [4.69, 9.17) is 14.2 Å². The minimum Gasteiger partial charge on any atom is -0.486 e. The normalized spacial score (nSPS) is 14.3. The number of hydrogen-bond donors (Lipinski definition) is 1. The average molecular weight is 321 g/mol. The molecule has 1 heterocycles. The first-order chi connectivity index (χ1) is 11.0. The highest BCUT2D eigenvalue weighted by molar-refractivity contribution is 5.85. The highest BCUT2D eigenvalue weighted by Gasteiger charge is 2.25. The van der Waals surface area contributed by atoms with Crippen LogP contribution in [-0.4, -0.2) is 37.7 Å². The van der Waals surface area contributed by atoms with Gasteiger partial charge in [-0.1, -0.05) is 19.9 Å². The van der Waals surface area contributed by atoms with Crippen molar-refractivity contribution in [2.45, 2.75) is 33.2 Å². The summed E-state index contributed by atoms with van der Waals surface area (Å²) in [6.45, 7) is 6.80. The molecule has 0 unspecified atom stereocenters. The van der Waals surface area contributed by atoms with Crippen LogP contribution in [0.5, 0.6) is 11.5 Å². The first-order valence-corrected chi connectivity index (χ1v) is 7.85. The van der Waals surface area contributed by atoms with Crippen molar-refractivity contribution >= 4 is 11.9 Å². The van der Waals surface area contributed by atoms with Gasteiger partial charge in [0.25, 0.3) is 0 Å². The summed E-state index contributed by atoms with van der Waals surface area (Å²) in [6.07, 6.45) is 0.166. The molecule has 0 aliphatic carbocycles. The lowest BCUT2D eigenvalue weighted by molar-refractivity contribution is -0.148. The monoisotopic (exact) mass is 321 g/mol. The van der Waals surface area contributed by atoms with Crippen molar-refractivity contribution in [1.29, 1.82) is 0 Å². The van der Waals surface area contributed by atoms with E-state index in [1.807, 2.05) is 19.9 Å². The van der Waals surface area contributed by atoms with Crippen LogP contribution in [-0.2, 0) is 20.7 Å². The molecular weight excluding hydrogens is 298 g/mol. The molecule has 1 amide bonds. The van der Waals surface area contributed by atoms with Crippen molar-refractivity contribution in [3.63, 3.8) is 0 Å². The van der Waals surface area contributed by atoms with Gasteiger partial charge in [0.15, 0.2) is 11.5 Å². The quantitative estimate of drug-likeness (QED) is 0.807. The Bertz CT molecular complexity index is 570. The van der Waals surface area contributed by atoms with Crippen LogP contribution in [0.15, 0.2) is 18.2 Å². The first kappa shape index (κ1) is 17.1. The second-order valence-corrected chi connectivity index (χ2v) is 5.70. The maximum atomic E-state index is 12.2. The van der Waals surface area contributed by atoms with Gasteiger partial charge in [0.2, 0.25) is 5.91 Å². The number of carbonyl (C=O) groups excluding carboxylic acids is 2. The van der Waals surface area contributed by atoms with Gasteiger partial charge in [0.1, 0.15) is 19.3 Å². The van der Waals surface area contributed by atoms with Gasteiger partial charge < -0.3 is 19.5 Å². The molecule has 0 radical (unpaired) electrons. The molecule has 1 atom stereocenters. The van der Waals surface area contributed by atoms with Crippen LogP contribution in [0, 0.1) is 5.92 Å². The van der Waals surface area contributed by atoms with Crippen LogP contribution in [0.3, 0.4) is 0 Å². The Hall–Kier alpha value is -2.24. The van der Waals surface area contributed by atoms with E-state index >= 15 is 0 Å². The third-order valence-electron chi connectivity index (χ3n) is 3.49. The summed E-state index contributed by atoms with van der Waals surface area (Å²) < 4.78 is 16.0. The summed E-state index contributed by atoms with van der Waals surface area (Å²) >= 11 is 0. The van der Waals surface area contributed by atoms with Gasteiger partial charge in [0, 0.05) is 0 Å². The van der Waals surface area contributed by atoms with Crippen molar-refractivity contribution in [2.24, 2.45) is 5.92 Å². The predicted octanol–water partition coefficient (Wildman–Crippen LogP) is 1.70. The van der Waals surface area contributed by atoms with E-state index in [0.29, 0.717) is 31.3 Å². The zero-order chi connectivity index (χ0) is 16.8. The predicted molar refractivity (Wildman–Crippen MR) is 84.5 cm³/mol. The fraction of sp³-hybridized carbons (Fsp3) is 0.529. The molecular formula is C17H23NO5. The van der Waals surface area contributed by atoms with Crippen LogP contribution >= 0.6 is 0 Å². The van der Waals surface area contributed by atoms with Crippen LogP contribution in [0.1, 0.15) is 26.3 Å². The lowest BCUT2D eigenvalue weighted by Crippen LogP contribution is -2.45. The number of rotatable bonds is 6. The molecule has 126 valence electrons. The molecule has 6 heteroatoms. The maximum absolute atomic E-state index is 12.2. The van der Waals surface area contributed by atoms with Gasteiger partial charge in [-0.3, -0.25) is 4.79 Å². The number of nitrogens with one attached hydrogen (secondary N) is 1. The van der Waals surface area contributed by atoms with Crippen LogP contribution < -0.4 is 14.8 Å². The Labute approximate surface area is 136 Å². The minimum atomic E-state index is -0.639. The van der Waals surface area contributed by atoms with E-state index in [-0.39, 0.29) is 18.2 Å². The number of benzene rings is 1. The number of ether oxygens (including phenoxy) is 3. The Balaban J connectivity index is 1.99. The average Bonchev–Trinajstić information content (AvgIpc) is 2.52. The molecule has 0 bridgehead atoms. The molecule has 1 aliphatic rings. The van der Waals surface area contributed by atoms with E-state index < -0.39 is 12.0 Å². The van der Waals surface area contributed by atoms with E-state index in [0.717, 1.165) is 5.56 Å². The molecule has 0 fully saturated rings. The number of amides is 1. The summed E-state index contributed by atoms with van der Waals surface area (Å²) in [5.74, 6) is 0.657. The lowest BCUT2D eigenvalue weighted by atomic mass is 10.0. The standard InChI is InChI=1S/C17H23NO5/c1-4-21-17(20)16(11(2)3)18-15(19)10-12-5-6-13-14(9-12)23-8-7-22-13/h5-6,9,11,16H,4,7-8,10H2,1-3H3,(H,18,19)/t16-/m0/s1. The van der Waals surface area contributed by atoms with E-state index in [2.05, 4.69) is 5.32 Å². The summed E-state index contributed by atoms with van der Waals surface area (Å²) in [4.78, 5) is 24.1. The van der Waals surface area contributed by atoms with Crippen molar-refractivity contribution in [3.05, 3.63) is 23.8 Å². The third kappa shape index (κ3) is 4.61. The molecule has 0 saturated heterocycles. The molecule has 2 rings (SSSR count). The molecule has 6 nitrogen and oxygen atoms in total. The minimum absolute atomic E-state index is 0.0433. The Morgan fingerprint density at radius 3 is 2.57 bits per heavy atom. The Morgan fingerprint density at radius 2 is 1.91 bits per heavy atom. The molecule has 0 aromatic heterocycles. The van der Waals surface area contributed by atoms with Crippen molar-refractivity contribution in [2.75, 3.05) is 19.8 Å². The lowest BCUT2D eigenvalue weighted by Gasteiger charge is -2.21. The van der Waals surface area contributed by atoms with Crippen LogP contribution in [0.4, 0.5) is 0 Å². The molecule has 1 aliphatic heterocycles. The Morgan fingerprint density at radius 1 is 1.22 bits per heavy atom. The van der Waals surface area contributed by atoms with E-state index in [1.165, 1.54) is 0 Å². The van der Waals surface area contributed by atoms with Gasteiger partial charge in [0.05, 0.1) is 13.0 Å². The fourth-order valence-corrected chi connectivity index (χ4v) is 2.34. The molecule has 1 aromatic rings. The summed E-state index contributed by atoms with van der Waals surface area (Å²) in [5.41, 5.74) is 0.804. The van der Waals surface area contributed by atoms with Crippen molar-refractivity contribution in [3.8, 4) is 11.5 Å². The molecule has 1 N–H and O–H groups in total. The second kappa shape index (κ2) is 7.85. The largest absolute Gasteiger partial charge is 0.486 e. The number of esters is 1. The number of hydrogen-bond acceptors (Lipinski definition) is 5. The molecule has 1 aromatic carbocycles. The highest BCUT2D eigenvalue weighted by Crippen LogP contribution is 2.30. The zero-order valence-corrected chi connectivity index (χ0v) is 13.8. The summed E-state index contributed by atoms with van der Waals surface area (Å²) in [5, 5.41) is 2.74. The maximum Gasteiger partial charge on any atom is 0.328 e. The van der Waals surface area contributed by atoms with E-state index in [1.54, 1.807) is 19.1 Å². The topological polar surface area (TPSA) is 73.9 Å². The molecule has 0 saturated carbocycles. The van der Waals surface area contributed by atoms with Crippen molar-refractivity contribution in [1.82, 2.24) is 5.32 Å². The van der Waals surface area contributed by atoms with E-state index in [9.17, 15) is 9.59 Å². The molecule has 0 spiro atoms.